The third-order valence-corrected chi connectivity index (χ3v) is 9.42. The smallest absolute Gasteiger partial charge is 0.255 e. The Morgan fingerprint density at radius 3 is 2.42 bits per heavy atom. The summed E-state index contributed by atoms with van der Waals surface area (Å²) in [4.78, 5) is 22.9. The van der Waals surface area contributed by atoms with Crippen molar-refractivity contribution in [1.29, 1.82) is 0 Å². The van der Waals surface area contributed by atoms with E-state index in [0.29, 0.717) is 41.5 Å². The summed E-state index contributed by atoms with van der Waals surface area (Å²) < 4.78 is 39.2. The summed E-state index contributed by atoms with van der Waals surface area (Å²) in [6, 6.07) is 8.52. The zero-order chi connectivity index (χ0) is 33.5. The molecule has 2 aromatic rings. The molecule has 3 unspecified atom stereocenters. The first-order chi connectivity index (χ1) is 21.1. The maximum absolute atomic E-state index is 13.7. The van der Waals surface area contributed by atoms with Crippen LogP contribution in [0.5, 0.6) is 11.5 Å². The molecule has 1 aromatic carbocycles. The van der Waals surface area contributed by atoms with E-state index in [-0.39, 0.29) is 23.2 Å². The molecule has 0 radical (unpaired) electrons. The molecule has 1 heterocycles. The number of nitrogens with one attached hydrogen (secondary N) is 2. The van der Waals surface area contributed by atoms with Gasteiger partial charge in [0, 0.05) is 43.4 Å². The largest absolute Gasteiger partial charge is 0.498 e. The number of pyridine rings is 1. The highest BCUT2D eigenvalue weighted by Crippen LogP contribution is 2.44. The molecule has 0 saturated carbocycles. The fourth-order valence-corrected chi connectivity index (χ4v) is 6.62. The summed E-state index contributed by atoms with van der Waals surface area (Å²) in [6.07, 6.45) is 3.44. The second kappa shape index (κ2) is 15.5. The number of benzene rings is 1. The molecule has 1 amide bonds. The highest BCUT2D eigenvalue weighted by molar-refractivity contribution is 7.88. The summed E-state index contributed by atoms with van der Waals surface area (Å²) in [5.41, 5.74) is 2.66. The SMILES string of the molecule is CCN(C)CCN(CC)Cc1cc(Oc2cc(C(=O)NC3=C(OC)C(NS(C)(=O)=O)CC(C(C)(C)C)C3C)ccc2C)ccn1. The number of likely N-dealkylation sites (N-methyl/N-ethyl adjacent to an activating group) is 2. The molecule has 0 bridgehead atoms. The number of carbonyl (C=O) groups excluding carboxylic acids is 1. The number of nitrogens with zero attached hydrogens (tertiary/aromatic N) is 3. The molecular weight excluding hydrogens is 590 g/mol. The van der Waals surface area contributed by atoms with E-state index < -0.39 is 16.1 Å². The number of hydrogen-bond donors (Lipinski definition) is 2. The maximum atomic E-state index is 13.7. The topological polar surface area (TPSA) is 113 Å². The molecule has 3 atom stereocenters. The van der Waals surface area contributed by atoms with Crippen molar-refractivity contribution in [3.05, 3.63) is 64.8 Å². The lowest BCUT2D eigenvalue weighted by Crippen LogP contribution is -2.48. The Morgan fingerprint density at radius 2 is 1.82 bits per heavy atom. The molecule has 1 aliphatic carbocycles. The number of ether oxygens (including phenoxy) is 2. The highest BCUT2D eigenvalue weighted by atomic mass is 32.2. The molecule has 45 heavy (non-hydrogen) atoms. The van der Waals surface area contributed by atoms with E-state index >= 15 is 0 Å². The van der Waals surface area contributed by atoms with Crippen LogP contribution in [0.2, 0.25) is 0 Å². The predicted octanol–water partition coefficient (Wildman–Crippen LogP) is 5.16. The first-order valence-electron chi connectivity index (χ1n) is 15.8. The van der Waals surface area contributed by atoms with Crippen LogP contribution in [0.15, 0.2) is 48.0 Å². The Balaban J connectivity index is 1.85. The van der Waals surface area contributed by atoms with Crippen LogP contribution in [0.1, 0.15) is 69.6 Å². The zero-order valence-electron chi connectivity index (χ0n) is 28.7. The van der Waals surface area contributed by atoms with Gasteiger partial charge in [-0.2, -0.15) is 0 Å². The van der Waals surface area contributed by atoms with E-state index in [9.17, 15) is 13.2 Å². The number of hydrogen-bond acceptors (Lipinski definition) is 8. The molecule has 11 heteroatoms. The number of rotatable bonds is 14. The number of sulfonamides is 1. The summed E-state index contributed by atoms with van der Waals surface area (Å²) in [6.45, 7) is 19.3. The van der Waals surface area contributed by atoms with Crippen molar-refractivity contribution in [2.75, 3.05) is 46.6 Å². The monoisotopic (exact) mass is 643 g/mol. The Labute approximate surface area is 270 Å². The summed E-state index contributed by atoms with van der Waals surface area (Å²) in [5, 5.41) is 3.08. The van der Waals surface area contributed by atoms with Crippen molar-refractivity contribution in [2.24, 2.45) is 17.3 Å². The van der Waals surface area contributed by atoms with Gasteiger partial charge < -0.3 is 19.7 Å². The standard InChI is InChI=1S/C34H53N5O5S/c1-11-38(8)17-18-39(12-2)22-26-20-27(15-16-35-26)44-30-19-25(14-13-23(30)3)33(40)36-31-24(4)28(34(5,6)7)21-29(32(31)43-9)37-45(10,41)42/h13-16,19-20,24,28-29,37H,11-12,17-18,21-22H2,1-10H3,(H,36,40). The van der Waals surface area contributed by atoms with Crippen molar-refractivity contribution in [2.45, 2.75) is 67.5 Å². The number of allylic oxidation sites excluding steroid dienone is 1. The molecule has 0 spiro atoms. The van der Waals surface area contributed by atoms with Crippen LogP contribution >= 0.6 is 0 Å². The van der Waals surface area contributed by atoms with Crippen molar-refractivity contribution < 1.29 is 22.7 Å². The third-order valence-electron chi connectivity index (χ3n) is 8.70. The Kier molecular flexibility index (Phi) is 12.6. The lowest BCUT2D eigenvalue weighted by Gasteiger charge is -2.43. The molecule has 1 aliphatic rings. The summed E-state index contributed by atoms with van der Waals surface area (Å²) in [7, 11) is 0.109. The second-order valence-corrected chi connectivity index (χ2v) is 15.0. The first-order valence-corrected chi connectivity index (χ1v) is 17.7. The van der Waals surface area contributed by atoms with Gasteiger partial charge in [0.05, 0.1) is 30.8 Å². The quantitative estimate of drug-likeness (QED) is 0.290. The third kappa shape index (κ3) is 10.3. The normalized spacial score (nSPS) is 19.2. The second-order valence-electron chi connectivity index (χ2n) is 13.2. The van der Waals surface area contributed by atoms with Gasteiger partial charge in [0.2, 0.25) is 10.0 Å². The average Bonchev–Trinajstić information content (AvgIpc) is 2.96. The zero-order valence-corrected chi connectivity index (χ0v) is 29.5. The fourth-order valence-electron chi connectivity index (χ4n) is 5.90. The van der Waals surface area contributed by atoms with Crippen LogP contribution in [-0.2, 0) is 21.3 Å². The van der Waals surface area contributed by atoms with E-state index in [0.717, 1.165) is 43.7 Å². The molecule has 250 valence electrons. The van der Waals surface area contributed by atoms with Gasteiger partial charge in [0.25, 0.3) is 5.91 Å². The highest BCUT2D eigenvalue weighted by Gasteiger charge is 2.42. The van der Waals surface area contributed by atoms with E-state index in [1.807, 2.05) is 32.0 Å². The van der Waals surface area contributed by atoms with Crippen molar-refractivity contribution in [3.63, 3.8) is 0 Å². The molecule has 1 aromatic heterocycles. The van der Waals surface area contributed by atoms with Gasteiger partial charge in [-0.15, -0.1) is 0 Å². The first kappa shape index (κ1) is 36.5. The van der Waals surface area contributed by atoms with Gasteiger partial charge >= 0.3 is 0 Å². The Hall–Kier alpha value is -2.99. The predicted molar refractivity (Wildman–Crippen MR) is 180 cm³/mol. The lowest BCUT2D eigenvalue weighted by atomic mass is 9.66. The van der Waals surface area contributed by atoms with Gasteiger partial charge in [-0.25, -0.2) is 13.1 Å². The van der Waals surface area contributed by atoms with Crippen molar-refractivity contribution in [3.8, 4) is 11.5 Å². The van der Waals surface area contributed by atoms with Gasteiger partial charge in [-0.1, -0.05) is 47.6 Å². The maximum Gasteiger partial charge on any atom is 0.255 e. The van der Waals surface area contributed by atoms with E-state index in [2.05, 4.69) is 66.5 Å². The number of aromatic nitrogens is 1. The molecule has 0 aliphatic heterocycles. The van der Waals surface area contributed by atoms with Crippen LogP contribution in [0.4, 0.5) is 0 Å². The van der Waals surface area contributed by atoms with Gasteiger partial charge in [-0.3, -0.25) is 14.7 Å². The molecular formula is C34H53N5O5S. The fraction of sp³-hybridized carbons (Fsp3) is 0.588. The Morgan fingerprint density at radius 1 is 1.11 bits per heavy atom. The van der Waals surface area contributed by atoms with Gasteiger partial charge in [0.15, 0.2) is 0 Å². The van der Waals surface area contributed by atoms with Crippen molar-refractivity contribution in [1.82, 2.24) is 24.8 Å². The molecule has 0 fully saturated rings. The van der Waals surface area contributed by atoms with E-state index in [1.165, 1.54) is 7.11 Å². The molecule has 0 saturated heterocycles. The van der Waals surface area contributed by atoms with Crippen LogP contribution in [0.25, 0.3) is 0 Å². The van der Waals surface area contributed by atoms with Crippen molar-refractivity contribution >= 4 is 15.9 Å². The summed E-state index contributed by atoms with van der Waals surface area (Å²) in [5.74, 6) is 1.32. The van der Waals surface area contributed by atoms with Gasteiger partial charge in [0.1, 0.15) is 17.3 Å². The van der Waals surface area contributed by atoms with Crippen LogP contribution < -0.4 is 14.8 Å². The minimum atomic E-state index is -3.52. The molecule has 2 N–H and O–H groups in total. The summed E-state index contributed by atoms with van der Waals surface area (Å²) >= 11 is 0. The molecule has 10 nitrogen and oxygen atoms in total. The van der Waals surface area contributed by atoms with Crippen LogP contribution in [0, 0.1) is 24.2 Å². The molecule has 3 rings (SSSR count). The van der Waals surface area contributed by atoms with Gasteiger partial charge in [-0.05, 0) is 68.6 Å². The Bertz CT molecular complexity index is 1450. The number of amides is 1. The van der Waals surface area contributed by atoms with Crippen LogP contribution in [-0.4, -0.2) is 81.7 Å². The minimum absolute atomic E-state index is 0.0806. The lowest BCUT2D eigenvalue weighted by molar-refractivity contribution is 0.0903. The number of aryl methyl sites for hydroxylation is 1. The number of carbonyl (C=O) groups is 1. The number of methoxy groups -OCH3 is 1. The van der Waals surface area contributed by atoms with E-state index in [1.54, 1.807) is 18.3 Å². The van der Waals surface area contributed by atoms with E-state index in [4.69, 9.17) is 9.47 Å². The average molecular weight is 644 g/mol. The van der Waals surface area contributed by atoms with Crippen LogP contribution in [0.3, 0.4) is 0 Å². The minimum Gasteiger partial charge on any atom is -0.498 e.